The van der Waals surface area contributed by atoms with Crippen molar-refractivity contribution in [1.29, 1.82) is 0 Å². The fourth-order valence-electron chi connectivity index (χ4n) is 1.85. The molecule has 1 rings (SSSR count). The minimum atomic E-state index is 0.236. The largest absolute Gasteiger partial charge is 0.381 e. The van der Waals surface area contributed by atoms with Gasteiger partial charge in [-0.2, -0.15) is 0 Å². The lowest BCUT2D eigenvalue weighted by atomic mass is 9.94. The summed E-state index contributed by atoms with van der Waals surface area (Å²) in [5.74, 6) is 0. The number of ether oxygens (including phenoxy) is 2. The first-order chi connectivity index (χ1) is 7.07. The molecule has 90 valence electrons. The zero-order chi connectivity index (χ0) is 11.3. The van der Waals surface area contributed by atoms with Gasteiger partial charge in [0, 0.05) is 12.4 Å². The summed E-state index contributed by atoms with van der Waals surface area (Å²) in [7, 11) is 1.80. The van der Waals surface area contributed by atoms with Crippen LogP contribution < -0.4 is 0 Å². The predicted octanol–water partition coefficient (Wildman–Crippen LogP) is 3.38. The van der Waals surface area contributed by atoms with Gasteiger partial charge in [-0.15, -0.1) is 0 Å². The summed E-state index contributed by atoms with van der Waals surface area (Å²) in [4.78, 5) is 0. The van der Waals surface area contributed by atoms with E-state index in [4.69, 9.17) is 9.47 Å². The second kappa shape index (κ2) is 6.21. The molecule has 1 aliphatic rings. The maximum absolute atomic E-state index is 5.96. The van der Waals surface area contributed by atoms with E-state index in [1.54, 1.807) is 7.11 Å². The lowest BCUT2D eigenvalue weighted by Gasteiger charge is -2.31. The Morgan fingerprint density at radius 1 is 1.27 bits per heavy atom. The fraction of sp³-hybridized carbons (Fsp3) is 1.00. The van der Waals surface area contributed by atoms with Crippen molar-refractivity contribution in [2.24, 2.45) is 5.41 Å². The van der Waals surface area contributed by atoms with Gasteiger partial charge in [-0.25, -0.2) is 0 Å². The first-order valence-electron chi connectivity index (χ1n) is 5.78. The molecule has 0 bridgehead atoms. The van der Waals surface area contributed by atoms with Gasteiger partial charge in [-0.05, 0) is 31.1 Å². The summed E-state index contributed by atoms with van der Waals surface area (Å²) in [6, 6.07) is 0. The molecule has 0 saturated heterocycles. The molecule has 0 aliphatic heterocycles. The van der Waals surface area contributed by atoms with E-state index < -0.39 is 0 Å². The van der Waals surface area contributed by atoms with Crippen LogP contribution in [0.1, 0.15) is 39.5 Å². The summed E-state index contributed by atoms with van der Waals surface area (Å²) in [6.07, 6.45) is 5.50. The predicted molar refractivity (Wildman–Crippen MR) is 66.6 cm³/mol. The van der Waals surface area contributed by atoms with Gasteiger partial charge in [-0.3, -0.25) is 0 Å². The van der Waals surface area contributed by atoms with Gasteiger partial charge in [0.2, 0.25) is 0 Å². The van der Waals surface area contributed by atoms with Gasteiger partial charge in [-0.1, -0.05) is 29.8 Å². The first kappa shape index (κ1) is 13.5. The van der Waals surface area contributed by atoms with Crippen LogP contribution in [-0.4, -0.2) is 31.3 Å². The van der Waals surface area contributed by atoms with E-state index >= 15 is 0 Å². The lowest BCUT2D eigenvalue weighted by molar-refractivity contribution is -0.0489. The van der Waals surface area contributed by atoms with E-state index in [0.717, 1.165) is 18.4 Å². The standard InChI is InChI=1S/C12H23BrO2/c1-12(2,8-13)9-15-11-6-4-5-10(7-11)14-3/h10-11H,4-9H2,1-3H3. The van der Waals surface area contributed by atoms with Gasteiger partial charge >= 0.3 is 0 Å². The van der Waals surface area contributed by atoms with Gasteiger partial charge in [0.1, 0.15) is 0 Å². The third-order valence-electron chi connectivity index (χ3n) is 2.98. The van der Waals surface area contributed by atoms with Crippen molar-refractivity contribution in [3.8, 4) is 0 Å². The van der Waals surface area contributed by atoms with Crippen molar-refractivity contribution in [2.45, 2.75) is 51.7 Å². The second-order valence-electron chi connectivity index (χ2n) is 5.26. The van der Waals surface area contributed by atoms with E-state index in [0.29, 0.717) is 12.2 Å². The van der Waals surface area contributed by atoms with Crippen LogP contribution in [0.5, 0.6) is 0 Å². The van der Waals surface area contributed by atoms with E-state index in [9.17, 15) is 0 Å². The fourth-order valence-corrected chi connectivity index (χ4v) is 2.01. The van der Waals surface area contributed by atoms with Gasteiger partial charge in [0.25, 0.3) is 0 Å². The third-order valence-corrected chi connectivity index (χ3v) is 4.50. The molecule has 1 saturated carbocycles. The molecule has 1 aliphatic carbocycles. The number of alkyl halides is 1. The maximum atomic E-state index is 5.96. The Balaban J connectivity index is 2.26. The minimum Gasteiger partial charge on any atom is -0.381 e. The Hall–Kier alpha value is 0.400. The van der Waals surface area contributed by atoms with Crippen molar-refractivity contribution < 1.29 is 9.47 Å². The van der Waals surface area contributed by atoms with Crippen molar-refractivity contribution in [1.82, 2.24) is 0 Å². The summed E-state index contributed by atoms with van der Waals surface area (Å²) >= 11 is 3.52. The Morgan fingerprint density at radius 2 is 1.93 bits per heavy atom. The van der Waals surface area contributed by atoms with Crippen LogP contribution in [0, 0.1) is 5.41 Å². The van der Waals surface area contributed by atoms with Gasteiger partial charge < -0.3 is 9.47 Å². The molecule has 15 heavy (non-hydrogen) atoms. The van der Waals surface area contributed by atoms with Crippen molar-refractivity contribution >= 4 is 15.9 Å². The van der Waals surface area contributed by atoms with Crippen LogP contribution in [0.2, 0.25) is 0 Å². The maximum Gasteiger partial charge on any atom is 0.0600 e. The third kappa shape index (κ3) is 4.83. The molecule has 0 N–H and O–H groups in total. The first-order valence-corrected chi connectivity index (χ1v) is 6.90. The molecule has 0 aromatic heterocycles. The molecular formula is C12H23BrO2. The van der Waals surface area contributed by atoms with Gasteiger partial charge in [0.15, 0.2) is 0 Å². The Labute approximate surface area is 102 Å². The summed E-state index contributed by atoms with van der Waals surface area (Å²) in [5.41, 5.74) is 0.236. The highest BCUT2D eigenvalue weighted by molar-refractivity contribution is 9.09. The molecular weight excluding hydrogens is 256 g/mol. The van der Waals surface area contributed by atoms with E-state index in [2.05, 4.69) is 29.8 Å². The Kier molecular flexibility index (Phi) is 5.58. The van der Waals surface area contributed by atoms with Crippen molar-refractivity contribution in [3.63, 3.8) is 0 Å². The Bertz CT molecular complexity index is 182. The highest BCUT2D eigenvalue weighted by Crippen LogP contribution is 2.26. The van der Waals surface area contributed by atoms with Crippen LogP contribution in [0.25, 0.3) is 0 Å². The molecule has 2 atom stereocenters. The smallest absolute Gasteiger partial charge is 0.0600 e. The second-order valence-corrected chi connectivity index (χ2v) is 5.82. The van der Waals surface area contributed by atoms with E-state index in [1.165, 1.54) is 19.3 Å². The highest BCUT2D eigenvalue weighted by Gasteiger charge is 2.25. The van der Waals surface area contributed by atoms with Crippen LogP contribution in [0.15, 0.2) is 0 Å². The molecule has 0 aromatic rings. The van der Waals surface area contributed by atoms with Crippen molar-refractivity contribution in [3.05, 3.63) is 0 Å². The van der Waals surface area contributed by atoms with E-state index in [-0.39, 0.29) is 5.41 Å². The Morgan fingerprint density at radius 3 is 2.53 bits per heavy atom. The van der Waals surface area contributed by atoms with Crippen LogP contribution in [0.3, 0.4) is 0 Å². The van der Waals surface area contributed by atoms with Crippen LogP contribution in [-0.2, 0) is 9.47 Å². The summed E-state index contributed by atoms with van der Waals surface area (Å²) < 4.78 is 11.4. The summed E-state index contributed by atoms with van der Waals surface area (Å²) in [5, 5.41) is 0.987. The van der Waals surface area contributed by atoms with E-state index in [1.807, 2.05) is 0 Å². The highest BCUT2D eigenvalue weighted by atomic mass is 79.9. The molecule has 0 spiro atoms. The number of halogens is 1. The van der Waals surface area contributed by atoms with Gasteiger partial charge in [0.05, 0.1) is 18.8 Å². The zero-order valence-corrected chi connectivity index (χ0v) is 11.7. The molecule has 2 unspecified atom stereocenters. The van der Waals surface area contributed by atoms with Crippen LogP contribution in [0.4, 0.5) is 0 Å². The van der Waals surface area contributed by atoms with Crippen molar-refractivity contribution in [2.75, 3.05) is 19.0 Å². The SMILES string of the molecule is COC1CCCC(OCC(C)(C)CBr)C1. The molecule has 1 fully saturated rings. The molecule has 2 nitrogen and oxygen atoms in total. The quantitative estimate of drug-likeness (QED) is 0.718. The molecule has 0 radical (unpaired) electrons. The molecule has 0 aromatic carbocycles. The number of methoxy groups -OCH3 is 1. The number of rotatable bonds is 5. The number of hydrogen-bond donors (Lipinski definition) is 0. The average Bonchev–Trinajstić information content (AvgIpc) is 2.27. The monoisotopic (exact) mass is 278 g/mol. The molecule has 0 amide bonds. The van der Waals surface area contributed by atoms with Crippen LogP contribution >= 0.6 is 15.9 Å². The molecule has 3 heteroatoms. The topological polar surface area (TPSA) is 18.5 Å². The number of hydrogen-bond acceptors (Lipinski definition) is 2. The average molecular weight is 279 g/mol. The minimum absolute atomic E-state index is 0.236. The molecule has 0 heterocycles. The zero-order valence-electron chi connectivity index (χ0n) is 10.1. The summed E-state index contributed by atoms with van der Waals surface area (Å²) in [6.45, 7) is 5.27. The lowest BCUT2D eigenvalue weighted by Crippen LogP contribution is -2.31. The normalized spacial score (nSPS) is 28.0.